The van der Waals surface area contributed by atoms with Crippen LogP contribution >= 0.6 is 11.8 Å². The number of hydrogen-bond donors (Lipinski definition) is 0. The molecule has 0 aromatic heterocycles. The molecular weight excluding hydrogens is 190 g/mol. The molecule has 0 heterocycles. The lowest BCUT2D eigenvalue weighted by molar-refractivity contribution is 0.252. The van der Waals surface area contributed by atoms with Crippen LogP contribution in [0.2, 0.25) is 0 Å². The van der Waals surface area contributed by atoms with Crippen molar-refractivity contribution in [1.29, 1.82) is 0 Å². The van der Waals surface area contributed by atoms with Crippen molar-refractivity contribution < 1.29 is 8.78 Å². The zero-order chi connectivity index (χ0) is 10.0. The highest BCUT2D eigenvalue weighted by atomic mass is 32.2. The van der Waals surface area contributed by atoms with Crippen molar-refractivity contribution in [3.63, 3.8) is 0 Å². The maximum absolute atomic E-state index is 12.1. The van der Waals surface area contributed by atoms with Crippen molar-refractivity contribution in [2.45, 2.75) is 31.4 Å². The van der Waals surface area contributed by atoms with E-state index < -0.39 is 5.76 Å². The van der Waals surface area contributed by atoms with Crippen molar-refractivity contribution in [2.75, 3.05) is 0 Å². The first-order valence-corrected chi connectivity index (χ1v) is 4.91. The molecule has 13 heavy (non-hydrogen) atoms. The maximum Gasteiger partial charge on any atom is 0.288 e. The number of benzene rings is 1. The molecule has 1 aromatic rings. The Hall–Kier alpha value is -0.570. The van der Waals surface area contributed by atoms with Gasteiger partial charge in [0.25, 0.3) is 5.76 Å². The first-order chi connectivity index (χ1) is 6.00. The van der Waals surface area contributed by atoms with E-state index >= 15 is 0 Å². The second-order valence-corrected chi connectivity index (χ2v) is 4.11. The van der Waals surface area contributed by atoms with Crippen LogP contribution in [0.4, 0.5) is 8.78 Å². The molecule has 3 heteroatoms. The van der Waals surface area contributed by atoms with Crippen LogP contribution in [0.5, 0.6) is 0 Å². The second kappa shape index (κ2) is 4.09. The van der Waals surface area contributed by atoms with Gasteiger partial charge in [0.15, 0.2) is 0 Å². The van der Waals surface area contributed by atoms with Crippen LogP contribution < -0.4 is 0 Å². The first-order valence-electron chi connectivity index (χ1n) is 4.03. The molecule has 0 spiro atoms. The topological polar surface area (TPSA) is 0 Å². The van der Waals surface area contributed by atoms with Gasteiger partial charge in [0.1, 0.15) is 0 Å². The number of thioether (sulfide) groups is 1. The Morgan fingerprint density at radius 1 is 1.08 bits per heavy atom. The normalized spacial score (nSPS) is 10.9. The van der Waals surface area contributed by atoms with E-state index in [4.69, 9.17) is 0 Å². The van der Waals surface area contributed by atoms with Crippen LogP contribution in [0.3, 0.4) is 0 Å². The zero-order valence-electron chi connectivity index (χ0n) is 7.90. The van der Waals surface area contributed by atoms with Crippen LogP contribution in [0.25, 0.3) is 0 Å². The molecule has 0 saturated carbocycles. The summed E-state index contributed by atoms with van der Waals surface area (Å²) >= 11 is 0.627. The fraction of sp³-hybridized carbons (Fsp3) is 0.400. The molecule has 0 aliphatic rings. The lowest BCUT2D eigenvalue weighted by Gasteiger charge is -2.09. The van der Waals surface area contributed by atoms with E-state index in [2.05, 4.69) is 0 Å². The minimum absolute atomic E-state index is 0.627. The monoisotopic (exact) mass is 202 g/mol. The summed E-state index contributed by atoms with van der Waals surface area (Å²) in [6.07, 6.45) is 0. The number of aryl methyl sites for hydroxylation is 3. The van der Waals surface area contributed by atoms with E-state index in [9.17, 15) is 8.78 Å². The second-order valence-electron chi connectivity index (χ2n) is 3.11. The smallest absolute Gasteiger partial charge is 0.198 e. The van der Waals surface area contributed by atoms with Crippen molar-refractivity contribution in [3.05, 3.63) is 28.8 Å². The highest BCUT2D eigenvalue weighted by Gasteiger charge is 2.10. The molecule has 0 nitrogen and oxygen atoms in total. The van der Waals surface area contributed by atoms with Crippen molar-refractivity contribution in [1.82, 2.24) is 0 Å². The third-order valence-corrected chi connectivity index (χ3v) is 2.87. The molecule has 0 atom stereocenters. The number of halogens is 2. The Kier molecular flexibility index (Phi) is 3.31. The summed E-state index contributed by atoms with van der Waals surface area (Å²) in [4.78, 5) is 0.709. The molecule has 0 radical (unpaired) electrons. The molecule has 0 N–H and O–H groups in total. The summed E-state index contributed by atoms with van der Waals surface area (Å²) in [5.41, 5.74) is 2.99. The molecule has 0 bridgehead atoms. The number of alkyl halides is 2. The van der Waals surface area contributed by atoms with Gasteiger partial charge >= 0.3 is 0 Å². The highest BCUT2D eigenvalue weighted by molar-refractivity contribution is 7.99. The van der Waals surface area contributed by atoms with Gasteiger partial charge in [-0.25, -0.2) is 0 Å². The number of rotatable bonds is 2. The summed E-state index contributed by atoms with van der Waals surface area (Å²) in [5.74, 6) is -2.33. The summed E-state index contributed by atoms with van der Waals surface area (Å²) in [6, 6.07) is 3.86. The molecule has 0 fully saturated rings. The summed E-state index contributed by atoms with van der Waals surface area (Å²) in [7, 11) is 0. The molecule has 0 aliphatic carbocycles. The van der Waals surface area contributed by atoms with Gasteiger partial charge < -0.3 is 0 Å². The van der Waals surface area contributed by atoms with Gasteiger partial charge in [0.2, 0.25) is 0 Å². The van der Waals surface area contributed by atoms with E-state index in [1.807, 2.05) is 32.9 Å². The van der Waals surface area contributed by atoms with Gasteiger partial charge in [-0.3, -0.25) is 0 Å². The largest absolute Gasteiger partial charge is 0.288 e. The Labute approximate surface area is 81.3 Å². The molecule has 1 rings (SSSR count). The first kappa shape index (κ1) is 10.5. The molecule has 0 saturated heterocycles. The summed E-state index contributed by atoms with van der Waals surface area (Å²) in [5, 5.41) is 0. The molecule has 0 unspecified atom stereocenters. The Balaban J connectivity index is 3.06. The predicted molar refractivity (Wildman–Crippen MR) is 52.5 cm³/mol. The van der Waals surface area contributed by atoms with Crippen LogP contribution in [-0.2, 0) is 0 Å². The van der Waals surface area contributed by atoms with Crippen LogP contribution in [0.15, 0.2) is 17.0 Å². The third kappa shape index (κ3) is 2.69. The quantitative estimate of drug-likeness (QED) is 0.655. The fourth-order valence-corrected chi connectivity index (χ4v) is 2.11. The summed E-state index contributed by atoms with van der Waals surface area (Å²) in [6.45, 7) is 5.70. The lowest BCUT2D eigenvalue weighted by atomic mass is 10.1. The molecular formula is C10H12F2S. The van der Waals surface area contributed by atoms with Crippen LogP contribution in [-0.4, -0.2) is 5.76 Å². The fourth-order valence-electron chi connectivity index (χ4n) is 1.44. The zero-order valence-corrected chi connectivity index (χ0v) is 8.71. The third-order valence-electron chi connectivity index (χ3n) is 1.81. The lowest BCUT2D eigenvalue weighted by Crippen LogP contribution is -1.90. The minimum Gasteiger partial charge on any atom is -0.198 e. The van der Waals surface area contributed by atoms with Crippen LogP contribution in [0.1, 0.15) is 16.7 Å². The van der Waals surface area contributed by atoms with E-state index in [1.54, 1.807) is 0 Å². The molecule has 1 aromatic carbocycles. The Bertz CT molecular complexity index is 285. The van der Waals surface area contributed by atoms with Gasteiger partial charge in [-0.15, -0.1) is 0 Å². The van der Waals surface area contributed by atoms with Gasteiger partial charge in [-0.1, -0.05) is 29.5 Å². The van der Waals surface area contributed by atoms with E-state index in [0.29, 0.717) is 16.7 Å². The molecule has 0 aliphatic heterocycles. The Morgan fingerprint density at radius 2 is 1.54 bits per heavy atom. The summed E-state index contributed by atoms with van der Waals surface area (Å²) < 4.78 is 24.3. The maximum atomic E-state index is 12.1. The minimum atomic E-state index is -2.33. The predicted octanol–water partition coefficient (Wildman–Crippen LogP) is 3.93. The van der Waals surface area contributed by atoms with E-state index in [1.165, 1.54) is 0 Å². The van der Waals surface area contributed by atoms with E-state index in [0.717, 1.165) is 16.7 Å². The van der Waals surface area contributed by atoms with Crippen LogP contribution in [0, 0.1) is 20.8 Å². The van der Waals surface area contributed by atoms with Crippen molar-refractivity contribution in [3.8, 4) is 0 Å². The average Bonchev–Trinajstić information content (AvgIpc) is 1.96. The number of hydrogen-bond acceptors (Lipinski definition) is 1. The standard InChI is InChI=1S/C10H12F2S/c1-6-4-7(2)9(8(3)5-6)13-10(11)12/h4-5,10H,1-3H3. The van der Waals surface area contributed by atoms with Gasteiger partial charge in [0.05, 0.1) is 0 Å². The van der Waals surface area contributed by atoms with Crippen molar-refractivity contribution >= 4 is 11.8 Å². The van der Waals surface area contributed by atoms with Crippen molar-refractivity contribution in [2.24, 2.45) is 0 Å². The average molecular weight is 202 g/mol. The highest BCUT2D eigenvalue weighted by Crippen LogP contribution is 2.31. The van der Waals surface area contributed by atoms with Gasteiger partial charge in [-0.2, -0.15) is 8.78 Å². The molecule has 0 amide bonds. The van der Waals surface area contributed by atoms with Gasteiger partial charge in [-0.05, 0) is 31.9 Å². The SMILES string of the molecule is Cc1cc(C)c(SC(F)F)c(C)c1. The molecule has 72 valence electrons. The van der Waals surface area contributed by atoms with E-state index in [-0.39, 0.29) is 0 Å². The van der Waals surface area contributed by atoms with Gasteiger partial charge in [0, 0.05) is 4.90 Å². The Morgan fingerprint density at radius 3 is 1.92 bits per heavy atom.